The minimum Gasteiger partial charge on any atom is -0.394 e. The van der Waals surface area contributed by atoms with Gasteiger partial charge in [0.25, 0.3) is 0 Å². The number of aliphatic hydroxyl groups is 3. The van der Waals surface area contributed by atoms with Gasteiger partial charge in [-0.3, -0.25) is 0 Å². The molecule has 5 N–H and O–H groups in total. The van der Waals surface area contributed by atoms with Crippen LogP contribution in [0.1, 0.15) is 6.23 Å². The van der Waals surface area contributed by atoms with Gasteiger partial charge in [-0.2, -0.15) is 4.98 Å². The average molecular weight is 266 g/mol. The number of fused-ring (bicyclic) bond motifs is 1. The number of nitrogens with zero attached hydrogens (tertiary/aromatic N) is 3. The Balaban J connectivity index is 2.03. The normalized spacial score (nSPS) is 31.1. The van der Waals surface area contributed by atoms with Gasteiger partial charge in [0.15, 0.2) is 6.23 Å². The number of hydrogen-bond acceptors (Lipinski definition) is 7. The minimum atomic E-state index is -1.15. The topological polar surface area (TPSA) is 127 Å². The Morgan fingerprint density at radius 2 is 2.16 bits per heavy atom. The first-order valence-corrected chi connectivity index (χ1v) is 5.83. The third-order valence-corrected chi connectivity index (χ3v) is 3.27. The van der Waals surface area contributed by atoms with E-state index in [0.717, 1.165) is 5.39 Å². The number of nitrogen functional groups attached to an aromatic ring is 1. The van der Waals surface area contributed by atoms with E-state index >= 15 is 0 Å². The van der Waals surface area contributed by atoms with Crippen molar-refractivity contribution in [2.75, 3.05) is 12.3 Å². The number of ether oxygens (including phenoxy) is 1. The molecule has 3 heterocycles. The summed E-state index contributed by atoms with van der Waals surface area (Å²) in [6.07, 6.45) is -0.708. The molecule has 19 heavy (non-hydrogen) atoms. The molecule has 1 fully saturated rings. The molecule has 1 aliphatic rings. The molecular formula is C11H14N4O4. The van der Waals surface area contributed by atoms with E-state index in [1.54, 1.807) is 23.0 Å². The smallest absolute Gasteiger partial charge is 0.221 e. The molecule has 0 saturated carbocycles. The molecule has 8 heteroatoms. The van der Waals surface area contributed by atoms with Crippen LogP contribution in [0.15, 0.2) is 18.5 Å². The van der Waals surface area contributed by atoms with Crippen LogP contribution in [0.2, 0.25) is 0 Å². The lowest BCUT2D eigenvalue weighted by molar-refractivity contribution is -0.0508. The second kappa shape index (κ2) is 4.42. The Bertz CT molecular complexity index is 601. The minimum absolute atomic E-state index is 0.110. The number of anilines is 1. The van der Waals surface area contributed by atoms with Crippen LogP contribution in [-0.2, 0) is 4.74 Å². The van der Waals surface area contributed by atoms with Gasteiger partial charge in [-0.25, -0.2) is 4.98 Å². The molecule has 1 unspecified atom stereocenters. The largest absolute Gasteiger partial charge is 0.394 e. The molecule has 2 aromatic heterocycles. The molecule has 0 bridgehead atoms. The van der Waals surface area contributed by atoms with Crippen molar-refractivity contribution in [2.45, 2.75) is 24.5 Å². The summed E-state index contributed by atoms with van der Waals surface area (Å²) in [6, 6.07) is 1.75. The molecule has 0 radical (unpaired) electrons. The van der Waals surface area contributed by atoms with Crippen LogP contribution < -0.4 is 5.73 Å². The van der Waals surface area contributed by atoms with E-state index in [-0.39, 0.29) is 12.6 Å². The first kappa shape index (κ1) is 12.3. The Morgan fingerprint density at radius 1 is 1.37 bits per heavy atom. The first-order chi connectivity index (χ1) is 9.11. The fraction of sp³-hybridized carbons (Fsp3) is 0.455. The predicted molar refractivity (Wildman–Crippen MR) is 64.9 cm³/mol. The third-order valence-electron chi connectivity index (χ3n) is 3.27. The zero-order chi connectivity index (χ0) is 13.6. The number of rotatable bonds is 2. The fourth-order valence-electron chi connectivity index (χ4n) is 2.27. The summed E-state index contributed by atoms with van der Waals surface area (Å²) in [4.78, 5) is 7.96. The van der Waals surface area contributed by atoms with E-state index < -0.39 is 24.5 Å². The molecule has 2 aromatic rings. The van der Waals surface area contributed by atoms with E-state index in [2.05, 4.69) is 9.97 Å². The number of nitrogens with two attached hydrogens (primary N) is 1. The summed E-state index contributed by atoms with van der Waals surface area (Å²) in [5.74, 6) is 0.110. The van der Waals surface area contributed by atoms with Gasteiger partial charge < -0.3 is 30.4 Å². The summed E-state index contributed by atoms with van der Waals surface area (Å²) < 4.78 is 7.01. The zero-order valence-electron chi connectivity index (χ0n) is 9.92. The molecule has 8 nitrogen and oxygen atoms in total. The van der Waals surface area contributed by atoms with Gasteiger partial charge in [0.2, 0.25) is 5.95 Å². The highest BCUT2D eigenvalue weighted by Crippen LogP contribution is 2.31. The standard InChI is InChI=1S/C11H14N4O4/c12-11-13-3-5-1-2-15(9(5)14-11)10-8(18)7(17)6(4-16)19-10/h1-3,6-8,10,16-18H,4H2,(H2,12,13,14)/t6-,7-,8-,10?/m1/s1. The van der Waals surface area contributed by atoms with Crippen LogP contribution in [0, 0.1) is 0 Å². The lowest BCUT2D eigenvalue weighted by Crippen LogP contribution is -2.33. The molecule has 4 atom stereocenters. The summed E-state index contributed by atoms with van der Waals surface area (Å²) in [5, 5.41) is 29.5. The van der Waals surface area contributed by atoms with E-state index in [1.807, 2.05) is 0 Å². The van der Waals surface area contributed by atoms with E-state index in [4.69, 9.17) is 15.6 Å². The SMILES string of the molecule is Nc1ncc2ccn(C3O[C@H](CO)[C@@H](O)[C@H]3O)c2n1. The molecule has 0 spiro atoms. The molecule has 0 amide bonds. The molecule has 1 aliphatic heterocycles. The molecule has 0 aliphatic carbocycles. The summed E-state index contributed by atoms with van der Waals surface area (Å²) in [5.41, 5.74) is 6.04. The monoisotopic (exact) mass is 266 g/mol. The summed E-state index contributed by atoms with van der Waals surface area (Å²) in [6.45, 7) is -0.370. The molecule has 102 valence electrons. The third kappa shape index (κ3) is 1.85. The second-order valence-corrected chi connectivity index (χ2v) is 4.46. The quantitative estimate of drug-likeness (QED) is 0.528. The average Bonchev–Trinajstić information content (AvgIpc) is 2.92. The van der Waals surface area contributed by atoms with Crippen LogP contribution in [-0.4, -0.2) is 54.8 Å². The highest BCUT2D eigenvalue weighted by Gasteiger charge is 2.43. The molecule has 0 aromatic carbocycles. The number of aromatic nitrogens is 3. The van der Waals surface area contributed by atoms with Gasteiger partial charge in [0, 0.05) is 17.8 Å². The molecular weight excluding hydrogens is 252 g/mol. The summed E-state index contributed by atoms with van der Waals surface area (Å²) >= 11 is 0. The van der Waals surface area contributed by atoms with Gasteiger partial charge >= 0.3 is 0 Å². The number of hydrogen-bond donors (Lipinski definition) is 4. The van der Waals surface area contributed by atoms with Crippen LogP contribution in [0.4, 0.5) is 5.95 Å². The van der Waals surface area contributed by atoms with Crippen molar-refractivity contribution in [3.63, 3.8) is 0 Å². The van der Waals surface area contributed by atoms with Crippen molar-refractivity contribution in [1.29, 1.82) is 0 Å². The van der Waals surface area contributed by atoms with Gasteiger partial charge in [0.1, 0.15) is 24.0 Å². The van der Waals surface area contributed by atoms with Crippen LogP contribution in [0.5, 0.6) is 0 Å². The van der Waals surface area contributed by atoms with Crippen molar-refractivity contribution in [3.05, 3.63) is 18.5 Å². The Kier molecular flexibility index (Phi) is 2.86. The maximum Gasteiger partial charge on any atom is 0.221 e. The van der Waals surface area contributed by atoms with Crippen LogP contribution >= 0.6 is 0 Å². The molecule has 3 rings (SSSR count). The van der Waals surface area contributed by atoms with Crippen molar-refractivity contribution >= 4 is 17.0 Å². The van der Waals surface area contributed by atoms with Crippen LogP contribution in [0.3, 0.4) is 0 Å². The van der Waals surface area contributed by atoms with E-state index in [1.165, 1.54) is 0 Å². The van der Waals surface area contributed by atoms with E-state index in [0.29, 0.717) is 5.65 Å². The van der Waals surface area contributed by atoms with E-state index in [9.17, 15) is 10.2 Å². The Morgan fingerprint density at radius 3 is 2.84 bits per heavy atom. The van der Waals surface area contributed by atoms with Gasteiger partial charge in [0.05, 0.1) is 6.61 Å². The highest BCUT2D eigenvalue weighted by atomic mass is 16.6. The zero-order valence-corrected chi connectivity index (χ0v) is 9.92. The maximum absolute atomic E-state index is 9.98. The van der Waals surface area contributed by atoms with Crippen molar-refractivity contribution in [2.24, 2.45) is 0 Å². The first-order valence-electron chi connectivity index (χ1n) is 5.83. The Hall–Kier alpha value is -1.74. The number of aliphatic hydroxyl groups excluding tert-OH is 3. The predicted octanol–water partition coefficient (Wildman–Crippen LogP) is -1.38. The lowest BCUT2D eigenvalue weighted by Gasteiger charge is -2.17. The van der Waals surface area contributed by atoms with Crippen molar-refractivity contribution in [3.8, 4) is 0 Å². The van der Waals surface area contributed by atoms with Gasteiger partial charge in [-0.1, -0.05) is 0 Å². The van der Waals surface area contributed by atoms with Crippen molar-refractivity contribution in [1.82, 2.24) is 14.5 Å². The highest BCUT2D eigenvalue weighted by molar-refractivity contribution is 5.76. The lowest BCUT2D eigenvalue weighted by atomic mass is 10.1. The van der Waals surface area contributed by atoms with Gasteiger partial charge in [-0.05, 0) is 6.07 Å². The molecule has 1 saturated heterocycles. The van der Waals surface area contributed by atoms with Crippen LogP contribution in [0.25, 0.3) is 11.0 Å². The Labute approximate surface area is 108 Å². The maximum atomic E-state index is 9.98. The van der Waals surface area contributed by atoms with Crippen molar-refractivity contribution < 1.29 is 20.1 Å². The fourth-order valence-corrected chi connectivity index (χ4v) is 2.27. The van der Waals surface area contributed by atoms with Gasteiger partial charge in [-0.15, -0.1) is 0 Å². The summed E-state index contributed by atoms with van der Waals surface area (Å²) in [7, 11) is 0. The second-order valence-electron chi connectivity index (χ2n) is 4.46.